The molecule has 0 aromatic heterocycles. The van der Waals surface area contributed by atoms with E-state index in [0.29, 0.717) is 28.2 Å². The van der Waals surface area contributed by atoms with E-state index in [4.69, 9.17) is 16.3 Å². The predicted octanol–water partition coefficient (Wildman–Crippen LogP) is 4.75. The summed E-state index contributed by atoms with van der Waals surface area (Å²) < 4.78 is 43.1. The van der Waals surface area contributed by atoms with E-state index in [1.165, 1.54) is 30.3 Å². The molecule has 0 radical (unpaired) electrons. The van der Waals surface area contributed by atoms with Gasteiger partial charge in [0.1, 0.15) is 18.6 Å². The molecular formula is C15H10ClF3O2. The molecule has 0 N–H and O–H groups in total. The summed E-state index contributed by atoms with van der Waals surface area (Å²) in [7, 11) is 0. The Morgan fingerprint density at radius 3 is 2.57 bits per heavy atom. The van der Waals surface area contributed by atoms with Crippen molar-refractivity contribution in [3.63, 3.8) is 0 Å². The van der Waals surface area contributed by atoms with Gasteiger partial charge in [-0.1, -0.05) is 23.7 Å². The number of ether oxygens (including phenoxy) is 1. The lowest BCUT2D eigenvalue weighted by Crippen LogP contribution is -2.06. The van der Waals surface area contributed by atoms with Crippen molar-refractivity contribution < 1.29 is 22.7 Å². The molecule has 21 heavy (non-hydrogen) atoms. The topological polar surface area (TPSA) is 26.3 Å². The number of alkyl halides is 3. The van der Waals surface area contributed by atoms with Gasteiger partial charge in [0.05, 0.1) is 5.56 Å². The van der Waals surface area contributed by atoms with E-state index in [1.807, 2.05) is 0 Å². The van der Waals surface area contributed by atoms with Crippen molar-refractivity contribution in [3.05, 3.63) is 64.2 Å². The van der Waals surface area contributed by atoms with Gasteiger partial charge < -0.3 is 4.74 Å². The molecule has 0 amide bonds. The van der Waals surface area contributed by atoms with Gasteiger partial charge in [-0.15, -0.1) is 0 Å². The lowest BCUT2D eigenvalue weighted by Gasteiger charge is -2.10. The quantitative estimate of drug-likeness (QED) is 0.761. The molecule has 6 heteroatoms. The zero-order chi connectivity index (χ0) is 15.5. The maximum Gasteiger partial charge on any atom is 0.416 e. The Hall–Kier alpha value is -2.01. The molecule has 110 valence electrons. The standard InChI is InChI=1S/C15H10ClF3O2/c16-13-5-11(8-20)6-14(7-13)21-9-10-2-1-3-12(4-10)15(17,18)19/h1-8H,9H2. The van der Waals surface area contributed by atoms with Crippen LogP contribution in [-0.2, 0) is 12.8 Å². The molecule has 2 nitrogen and oxygen atoms in total. The molecule has 0 unspecified atom stereocenters. The third-order valence-corrected chi connectivity index (χ3v) is 2.91. The van der Waals surface area contributed by atoms with Crippen LogP contribution in [0.1, 0.15) is 21.5 Å². The smallest absolute Gasteiger partial charge is 0.416 e. The van der Waals surface area contributed by atoms with Crippen LogP contribution in [0, 0.1) is 0 Å². The average molecular weight is 315 g/mol. The fourth-order valence-electron chi connectivity index (χ4n) is 1.74. The molecule has 0 fully saturated rings. The van der Waals surface area contributed by atoms with Crippen molar-refractivity contribution in [1.29, 1.82) is 0 Å². The van der Waals surface area contributed by atoms with Crippen molar-refractivity contribution in [2.45, 2.75) is 12.8 Å². The minimum atomic E-state index is -4.39. The largest absolute Gasteiger partial charge is 0.489 e. The van der Waals surface area contributed by atoms with E-state index in [1.54, 1.807) is 0 Å². The first-order chi connectivity index (χ1) is 9.88. The number of benzene rings is 2. The van der Waals surface area contributed by atoms with Crippen molar-refractivity contribution in [1.82, 2.24) is 0 Å². The van der Waals surface area contributed by atoms with Crippen LogP contribution in [0.25, 0.3) is 0 Å². The Kier molecular flexibility index (Phi) is 4.53. The summed E-state index contributed by atoms with van der Waals surface area (Å²) in [6, 6.07) is 9.27. The molecule has 2 rings (SSSR count). The van der Waals surface area contributed by atoms with Gasteiger partial charge in [0.15, 0.2) is 0 Å². The second kappa shape index (κ2) is 6.18. The number of aldehydes is 1. The second-order valence-electron chi connectivity index (χ2n) is 4.32. The van der Waals surface area contributed by atoms with Crippen LogP contribution in [0.15, 0.2) is 42.5 Å². The molecule has 0 bridgehead atoms. The number of carbonyl (C=O) groups excluding carboxylic acids is 1. The van der Waals surface area contributed by atoms with Crippen molar-refractivity contribution in [2.24, 2.45) is 0 Å². The molecule has 0 heterocycles. The first kappa shape index (κ1) is 15.4. The maximum atomic E-state index is 12.6. The Bertz CT molecular complexity index is 654. The van der Waals surface area contributed by atoms with Gasteiger partial charge in [-0.3, -0.25) is 4.79 Å². The molecule has 0 aliphatic carbocycles. The summed E-state index contributed by atoms with van der Waals surface area (Å²) in [4.78, 5) is 10.7. The van der Waals surface area contributed by atoms with Crippen LogP contribution in [0.5, 0.6) is 5.75 Å². The SMILES string of the molecule is O=Cc1cc(Cl)cc(OCc2cccc(C(F)(F)F)c2)c1. The van der Waals surface area contributed by atoms with Crippen LogP contribution < -0.4 is 4.74 Å². The minimum absolute atomic E-state index is 0.0530. The van der Waals surface area contributed by atoms with Gasteiger partial charge >= 0.3 is 6.18 Å². The Balaban J connectivity index is 2.13. The molecule has 0 aliphatic heterocycles. The van der Waals surface area contributed by atoms with Gasteiger partial charge in [-0.05, 0) is 35.9 Å². The van der Waals surface area contributed by atoms with E-state index in [-0.39, 0.29) is 6.61 Å². The highest BCUT2D eigenvalue weighted by Crippen LogP contribution is 2.30. The molecule has 2 aromatic rings. The summed E-state index contributed by atoms with van der Waals surface area (Å²) >= 11 is 5.81. The summed E-state index contributed by atoms with van der Waals surface area (Å²) in [5, 5.41) is 0.318. The number of hydrogen-bond donors (Lipinski definition) is 0. The second-order valence-corrected chi connectivity index (χ2v) is 4.76. The van der Waals surface area contributed by atoms with Gasteiger partial charge in [-0.2, -0.15) is 13.2 Å². The van der Waals surface area contributed by atoms with E-state index in [2.05, 4.69) is 0 Å². The third-order valence-electron chi connectivity index (χ3n) is 2.69. The van der Waals surface area contributed by atoms with E-state index >= 15 is 0 Å². The Labute approximate surface area is 124 Å². The Morgan fingerprint density at radius 2 is 1.90 bits per heavy atom. The van der Waals surface area contributed by atoms with Crippen molar-refractivity contribution in [3.8, 4) is 5.75 Å². The molecule has 0 aliphatic rings. The molecule has 0 saturated heterocycles. The number of halogens is 4. The van der Waals surface area contributed by atoms with Gasteiger partial charge in [0, 0.05) is 10.6 Å². The van der Waals surface area contributed by atoms with Crippen molar-refractivity contribution in [2.75, 3.05) is 0 Å². The van der Waals surface area contributed by atoms with Crippen LogP contribution in [-0.4, -0.2) is 6.29 Å². The van der Waals surface area contributed by atoms with Crippen LogP contribution in [0.4, 0.5) is 13.2 Å². The maximum absolute atomic E-state index is 12.6. The predicted molar refractivity (Wildman–Crippen MR) is 72.6 cm³/mol. The highest BCUT2D eigenvalue weighted by molar-refractivity contribution is 6.31. The Morgan fingerprint density at radius 1 is 1.14 bits per heavy atom. The zero-order valence-corrected chi connectivity index (χ0v) is 11.4. The summed E-state index contributed by atoms with van der Waals surface area (Å²) in [5.74, 6) is 0.321. The highest BCUT2D eigenvalue weighted by atomic mass is 35.5. The fraction of sp³-hybridized carbons (Fsp3) is 0.133. The normalized spacial score (nSPS) is 11.2. The number of hydrogen-bond acceptors (Lipinski definition) is 2. The molecule has 0 atom stereocenters. The minimum Gasteiger partial charge on any atom is -0.489 e. The molecule has 0 spiro atoms. The third kappa shape index (κ3) is 4.23. The van der Waals surface area contributed by atoms with Gasteiger partial charge in [-0.25, -0.2) is 0 Å². The lowest BCUT2D eigenvalue weighted by atomic mass is 10.1. The monoisotopic (exact) mass is 314 g/mol. The highest BCUT2D eigenvalue weighted by Gasteiger charge is 2.30. The van der Waals surface area contributed by atoms with E-state index < -0.39 is 11.7 Å². The van der Waals surface area contributed by atoms with Gasteiger partial charge in [0.25, 0.3) is 0 Å². The average Bonchev–Trinajstić information content (AvgIpc) is 2.44. The van der Waals surface area contributed by atoms with Gasteiger partial charge in [0.2, 0.25) is 0 Å². The molecule has 2 aromatic carbocycles. The first-order valence-corrected chi connectivity index (χ1v) is 6.31. The lowest BCUT2D eigenvalue weighted by molar-refractivity contribution is -0.137. The molecule has 0 saturated carbocycles. The fourth-order valence-corrected chi connectivity index (χ4v) is 1.97. The van der Waals surface area contributed by atoms with Crippen LogP contribution in [0.2, 0.25) is 5.02 Å². The first-order valence-electron chi connectivity index (χ1n) is 5.93. The van der Waals surface area contributed by atoms with E-state index in [9.17, 15) is 18.0 Å². The summed E-state index contributed by atoms with van der Waals surface area (Å²) in [6.07, 6.45) is -3.78. The summed E-state index contributed by atoms with van der Waals surface area (Å²) in [5.41, 5.74) is -0.0257. The molecular weight excluding hydrogens is 305 g/mol. The van der Waals surface area contributed by atoms with E-state index in [0.717, 1.165) is 12.1 Å². The van der Waals surface area contributed by atoms with Crippen LogP contribution in [0.3, 0.4) is 0 Å². The number of carbonyl (C=O) groups is 1. The zero-order valence-electron chi connectivity index (χ0n) is 10.7. The van der Waals surface area contributed by atoms with Crippen molar-refractivity contribution >= 4 is 17.9 Å². The summed E-state index contributed by atoms with van der Waals surface area (Å²) in [6.45, 7) is -0.0530. The number of rotatable bonds is 4. The van der Waals surface area contributed by atoms with Crippen LogP contribution >= 0.6 is 11.6 Å².